The van der Waals surface area contributed by atoms with Gasteiger partial charge in [0, 0.05) is 0 Å². The lowest BCUT2D eigenvalue weighted by Crippen LogP contribution is -2.16. The fraction of sp³-hybridized carbons (Fsp3) is 0.857. The van der Waals surface area contributed by atoms with Crippen LogP contribution in [0.25, 0.3) is 0 Å². The lowest BCUT2D eigenvalue weighted by molar-refractivity contribution is 0.568. The zero-order valence-corrected chi connectivity index (χ0v) is 7.46. The number of hydrogen-bond acceptors (Lipinski definition) is 1. The molecule has 0 amide bonds. The van der Waals surface area contributed by atoms with E-state index in [2.05, 4.69) is 26.4 Å². The standard InChI is InChI=1S/C7H15OS/c1-5-9(6-8)7(2,3)4/h9H,5H2,1-4H3. The minimum absolute atomic E-state index is 0.159. The Morgan fingerprint density at radius 1 is 1.44 bits per heavy atom. The first-order valence-electron chi connectivity index (χ1n) is 3.17. The average Bonchev–Trinajstić information content (AvgIpc) is 1.65. The molecule has 0 heterocycles. The number of carbonyl (C=O) groups excluding carboxylic acids is 1. The molecule has 1 nitrogen and oxygen atoms in total. The van der Waals surface area contributed by atoms with E-state index in [1.54, 1.807) is 0 Å². The van der Waals surface area contributed by atoms with Crippen LogP contribution in [0.3, 0.4) is 0 Å². The average molecular weight is 147 g/mol. The van der Waals surface area contributed by atoms with E-state index < -0.39 is 10.9 Å². The van der Waals surface area contributed by atoms with E-state index in [0.29, 0.717) is 0 Å². The third kappa shape index (κ3) is 2.89. The quantitative estimate of drug-likeness (QED) is 0.590. The van der Waals surface area contributed by atoms with Crippen molar-refractivity contribution in [3.8, 4) is 0 Å². The second-order valence-electron chi connectivity index (χ2n) is 3.01. The Morgan fingerprint density at radius 3 is 1.89 bits per heavy atom. The molecule has 1 radical (unpaired) electrons. The van der Waals surface area contributed by atoms with Gasteiger partial charge in [0.2, 0.25) is 5.62 Å². The van der Waals surface area contributed by atoms with E-state index in [1.807, 2.05) is 6.92 Å². The van der Waals surface area contributed by atoms with Crippen molar-refractivity contribution in [2.75, 3.05) is 5.75 Å². The van der Waals surface area contributed by atoms with Crippen molar-refractivity contribution in [1.29, 1.82) is 0 Å². The highest BCUT2D eigenvalue weighted by Crippen LogP contribution is 2.36. The minimum Gasteiger partial charge on any atom is -0.279 e. The van der Waals surface area contributed by atoms with Gasteiger partial charge in [-0.3, -0.25) is 4.79 Å². The monoisotopic (exact) mass is 147 g/mol. The van der Waals surface area contributed by atoms with Gasteiger partial charge in [-0.05, 0) is 10.5 Å². The highest BCUT2D eigenvalue weighted by Gasteiger charge is 2.18. The summed E-state index contributed by atoms with van der Waals surface area (Å²) in [6, 6.07) is 0. The van der Waals surface area contributed by atoms with E-state index in [9.17, 15) is 4.79 Å². The van der Waals surface area contributed by atoms with Crippen LogP contribution in [0.4, 0.5) is 0 Å². The molecule has 0 aliphatic heterocycles. The summed E-state index contributed by atoms with van der Waals surface area (Å²) in [5.41, 5.74) is 2.11. The number of rotatable bonds is 2. The van der Waals surface area contributed by atoms with Gasteiger partial charge in [-0.25, -0.2) is 0 Å². The van der Waals surface area contributed by atoms with Gasteiger partial charge in [0.1, 0.15) is 0 Å². The van der Waals surface area contributed by atoms with Crippen LogP contribution in [0, 0.1) is 0 Å². The van der Waals surface area contributed by atoms with Crippen LogP contribution in [0.1, 0.15) is 27.7 Å². The van der Waals surface area contributed by atoms with Crippen molar-refractivity contribution < 1.29 is 4.79 Å². The molecule has 55 valence electrons. The Morgan fingerprint density at radius 2 is 1.89 bits per heavy atom. The molecule has 0 saturated carbocycles. The molecule has 0 rings (SSSR count). The first kappa shape index (κ1) is 9.02. The van der Waals surface area contributed by atoms with Crippen molar-refractivity contribution in [3.63, 3.8) is 0 Å². The Labute approximate surface area is 60.2 Å². The van der Waals surface area contributed by atoms with Gasteiger partial charge in [-0.1, -0.05) is 27.7 Å². The summed E-state index contributed by atoms with van der Waals surface area (Å²) in [6.07, 6.45) is 0. The Balaban J connectivity index is 3.94. The fourth-order valence-electron chi connectivity index (χ4n) is 0.676. The molecule has 0 aromatic rings. The van der Waals surface area contributed by atoms with E-state index >= 15 is 0 Å². The van der Waals surface area contributed by atoms with Crippen molar-refractivity contribution in [2.24, 2.45) is 0 Å². The maximum absolute atomic E-state index is 10.3. The van der Waals surface area contributed by atoms with Gasteiger partial charge < -0.3 is 0 Å². The zero-order valence-electron chi connectivity index (χ0n) is 6.56. The second kappa shape index (κ2) is 3.25. The van der Waals surface area contributed by atoms with Crippen molar-refractivity contribution in [2.45, 2.75) is 32.4 Å². The second-order valence-corrected chi connectivity index (χ2v) is 6.02. The highest BCUT2D eigenvalue weighted by molar-refractivity contribution is 8.29. The predicted octanol–water partition coefficient (Wildman–Crippen LogP) is 1.87. The summed E-state index contributed by atoms with van der Waals surface area (Å²) in [5.74, 6) is 0.961. The molecule has 0 aliphatic carbocycles. The summed E-state index contributed by atoms with van der Waals surface area (Å²) in [7, 11) is -0.503. The smallest absolute Gasteiger partial charge is 0.245 e. The van der Waals surface area contributed by atoms with E-state index in [4.69, 9.17) is 0 Å². The maximum Gasteiger partial charge on any atom is 0.245 e. The first-order chi connectivity index (χ1) is 4.02. The first-order valence-corrected chi connectivity index (χ1v) is 4.70. The lowest BCUT2D eigenvalue weighted by Gasteiger charge is -2.27. The molecular weight excluding hydrogens is 132 g/mol. The predicted molar refractivity (Wildman–Crippen MR) is 45.0 cm³/mol. The van der Waals surface area contributed by atoms with Gasteiger partial charge in [0.25, 0.3) is 0 Å². The van der Waals surface area contributed by atoms with Crippen LogP contribution in [0.15, 0.2) is 0 Å². The Hall–Kier alpha value is 0.0200. The zero-order chi connectivity index (χ0) is 7.49. The van der Waals surface area contributed by atoms with Crippen LogP contribution < -0.4 is 0 Å². The van der Waals surface area contributed by atoms with Crippen LogP contribution in [0.2, 0.25) is 0 Å². The number of hydrogen-bond donors (Lipinski definition) is 1. The molecule has 0 spiro atoms. The van der Waals surface area contributed by atoms with Crippen LogP contribution in [-0.2, 0) is 4.79 Å². The van der Waals surface area contributed by atoms with Crippen molar-refractivity contribution >= 4 is 16.5 Å². The molecule has 0 N–H and O–H groups in total. The molecule has 0 fully saturated rings. The third-order valence-corrected chi connectivity index (χ3v) is 3.71. The van der Waals surface area contributed by atoms with Crippen molar-refractivity contribution in [3.05, 3.63) is 0 Å². The normalized spacial score (nSPS) is 17.1. The van der Waals surface area contributed by atoms with E-state index in [1.165, 1.54) is 0 Å². The topological polar surface area (TPSA) is 17.1 Å². The van der Waals surface area contributed by atoms with Crippen LogP contribution in [0.5, 0.6) is 0 Å². The molecular formula is C7H15OS. The van der Waals surface area contributed by atoms with E-state index in [0.717, 1.165) is 5.75 Å². The van der Waals surface area contributed by atoms with Crippen LogP contribution in [-0.4, -0.2) is 16.1 Å². The molecule has 1 unspecified atom stereocenters. The fourth-order valence-corrected chi connectivity index (χ4v) is 2.03. The Kier molecular flexibility index (Phi) is 3.26. The molecule has 0 saturated heterocycles. The summed E-state index contributed by atoms with van der Waals surface area (Å²) < 4.78 is 0.159. The SMILES string of the molecule is CC[SH]([C]=O)C(C)(C)C. The number of thiol groups is 1. The van der Waals surface area contributed by atoms with E-state index in [-0.39, 0.29) is 4.75 Å². The third-order valence-electron chi connectivity index (χ3n) is 1.24. The summed E-state index contributed by atoms with van der Waals surface area (Å²) in [4.78, 5) is 10.3. The Bertz CT molecular complexity index is 93.6. The molecule has 1 atom stereocenters. The molecule has 0 aromatic carbocycles. The molecule has 0 aliphatic rings. The van der Waals surface area contributed by atoms with Gasteiger partial charge in [0.05, 0.1) is 0 Å². The molecule has 0 bridgehead atoms. The van der Waals surface area contributed by atoms with Gasteiger partial charge in [-0.2, -0.15) is 10.9 Å². The minimum atomic E-state index is -0.503. The summed E-state index contributed by atoms with van der Waals surface area (Å²) >= 11 is 0. The van der Waals surface area contributed by atoms with Gasteiger partial charge in [-0.15, -0.1) is 0 Å². The van der Waals surface area contributed by atoms with Crippen LogP contribution >= 0.6 is 10.9 Å². The molecule has 9 heavy (non-hydrogen) atoms. The largest absolute Gasteiger partial charge is 0.279 e. The molecule has 2 heteroatoms. The summed E-state index contributed by atoms with van der Waals surface area (Å²) in [6.45, 7) is 8.31. The molecule has 0 aromatic heterocycles. The highest BCUT2D eigenvalue weighted by atomic mass is 32.2. The lowest BCUT2D eigenvalue weighted by atomic mass is 10.3. The summed E-state index contributed by atoms with van der Waals surface area (Å²) in [5, 5.41) is 0. The maximum atomic E-state index is 10.3. The van der Waals surface area contributed by atoms with Crippen molar-refractivity contribution in [1.82, 2.24) is 0 Å². The van der Waals surface area contributed by atoms with Gasteiger partial charge in [0.15, 0.2) is 0 Å². The van der Waals surface area contributed by atoms with Gasteiger partial charge >= 0.3 is 0 Å².